The largest absolute Gasteiger partial charge is 0.395 e. The summed E-state index contributed by atoms with van der Waals surface area (Å²) in [6.07, 6.45) is 6.54. The average molecular weight is 316 g/mol. The summed E-state index contributed by atoms with van der Waals surface area (Å²) in [4.78, 5) is 20.2. The second-order valence-corrected chi connectivity index (χ2v) is 6.59. The summed E-state index contributed by atoms with van der Waals surface area (Å²) in [7, 11) is 0. The van der Waals surface area contributed by atoms with Crippen molar-refractivity contribution in [2.24, 2.45) is 0 Å². The minimum atomic E-state index is -0.0572. The molecule has 116 valence electrons. The van der Waals surface area contributed by atoms with Gasteiger partial charge in [0.25, 0.3) is 0 Å². The highest BCUT2D eigenvalue weighted by Gasteiger charge is 2.30. The number of aliphatic hydroxyl groups is 1. The fraction of sp³-hybridized carbons (Fsp3) is 0.412. The number of rotatable bonds is 5. The topological polar surface area (TPSA) is 53.4 Å². The number of thiophene rings is 1. The van der Waals surface area contributed by atoms with Gasteiger partial charge in [-0.05, 0) is 47.9 Å². The van der Waals surface area contributed by atoms with Crippen LogP contribution in [0.1, 0.15) is 34.8 Å². The van der Waals surface area contributed by atoms with Gasteiger partial charge < -0.3 is 10.0 Å². The van der Waals surface area contributed by atoms with Crippen LogP contribution in [0.2, 0.25) is 0 Å². The molecule has 0 spiro atoms. The van der Waals surface area contributed by atoms with Gasteiger partial charge >= 0.3 is 0 Å². The van der Waals surface area contributed by atoms with E-state index in [1.807, 2.05) is 12.1 Å². The van der Waals surface area contributed by atoms with Gasteiger partial charge in [-0.15, -0.1) is 11.3 Å². The normalized spacial score (nSPS) is 17.0. The van der Waals surface area contributed by atoms with Crippen LogP contribution in [-0.4, -0.2) is 34.0 Å². The van der Waals surface area contributed by atoms with Gasteiger partial charge in [-0.1, -0.05) is 6.07 Å². The lowest BCUT2D eigenvalue weighted by atomic mass is 9.86. The Morgan fingerprint density at radius 2 is 2.36 bits per heavy atom. The number of carbonyl (C=O) groups is 1. The van der Waals surface area contributed by atoms with E-state index in [-0.39, 0.29) is 18.4 Å². The van der Waals surface area contributed by atoms with Gasteiger partial charge in [0.1, 0.15) is 0 Å². The van der Waals surface area contributed by atoms with E-state index in [4.69, 9.17) is 0 Å². The predicted octanol–water partition coefficient (Wildman–Crippen LogP) is 2.58. The fourth-order valence-corrected chi connectivity index (χ4v) is 4.05. The molecule has 22 heavy (non-hydrogen) atoms. The quantitative estimate of drug-likeness (QED) is 0.922. The Labute approximate surface area is 134 Å². The molecule has 0 aliphatic heterocycles. The summed E-state index contributed by atoms with van der Waals surface area (Å²) >= 11 is 1.75. The summed E-state index contributed by atoms with van der Waals surface area (Å²) in [5.74, 6) is 0.0653. The molecule has 2 aromatic rings. The molecule has 1 amide bonds. The number of amides is 1. The van der Waals surface area contributed by atoms with E-state index < -0.39 is 0 Å². The number of aromatic nitrogens is 1. The highest BCUT2D eigenvalue weighted by atomic mass is 32.1. The fourth-order valence-electron chi connectivity index (χ4n) is 3.06. The highest BCUT2D eigenvalue weighted by molar-refractivity contribution is 7.10. The van der Waals surface area contributed by atoms with Crippen molar-refractivity contribution in [1.29, 1.82) is 0 Å². The zero-order valence-corrected chi connectivity index (χ0v) is 13.3. The van der Waals surface area contributed by atoms with Crippen LogP contribution in [0.5, 0.6) is 0 Å². The Kier molecular flexibility index (Phi) is 4.85. The number of pyridine rings is 1. The number of fused-ring (bicyclic) bond motifs is 1. The molecule has 1 atom stereocenters. The van der Waals surface area contributed by atoms with E-state index in [0.29, 0.717) is 13.1 Å². The summed E-state index contributed by atoms with van der Waals surface area (Å²) in [6.45, 7) is 0.849. The van der Waals surface area contributed by atoms with Crippen LogP contribution in [0, 0.1) is 0 Å². The van der Waals surface area contributed by atoms with Crippen molar-refractivity contribution in [2.75, 3.05) is 13.2 Å². The number of carbonyl (C=O) groups excluding carboxylic acids is 1. The van der Waals surface area contributed by atoms with Gasteiger partial charge in [-0.25, -0.2) is 0 Å². The lowest BCUT2D eigenvalue weighted by Crippen LogP contribution is -2.37. The summed E-state index contributed by atoms with van der Waals surface area (Å²) in [5, 5.41) is 11.4. The van der Waals surface area contributed by atoms with Crippen molar-refractivity contribution in [1.82, 2.24) is 9.88 Å². The third kappa shape index (κ3) is 3.20. The molecule has 0 aromatic carbocycles. The Balaban J connectivity index is 1.79. The van der Waals surface area contributed by atoms with Gasteiger partial charge in [0.15, 0.2) is 0 Å². The van der Waals surface area contributed by atoms with E-state index in [1.54, 1.807) is 28.6 Å². The van der Waals surface area contributed by atoms with Crippen LogP contribution in [0.15, 0.2) is 36.0 Å². The molecule has 3 rings (SSSR count). The molecule has 4 nitrogen and oxygen atoms in total. The smallest absolute Gasteiger partial charge is 0.230 e. The summed E-state index contributed by atoms with van der Waals surface area (Å²) in [5.41, 5.74) is 2.18. The lowest BCUT2D eigenvalue weighted by molar-refractivity contribution is -0.134. The Bertz CT molecular complexity index is 627. The molecular formula is C17H20N2O2S. The zero-order valence-electron chi connectivity index (χ0n) is 12.4. The Morgan fingerprint density at radius 1 is 1.45 bits per heavy atom. The van der Waals surface area contributed by atoms with Crippen molar-refractivity contribution in [3.8, 4) is 0 Å². The van der Waals surface area contributed by atoms with Crippen LogP contribution in [0.4, 0.5) is 0 Å². The van der Waals surface area contributed by atoms with Gasteiger partial charge in [0, 0.05) is 30.4 Å². The number of aliphatic hydroxyl groups excluding tert-OH is 1. The van der Waals surface area contributed by atoms with Crippen molar-refractivity contribution in [3.63, 3.8) is 0 Å². The van der Waals surface area contributed by atoms with Gasteiger partial charge in [-0.3, -0.25) is 9.78 Å². The standard InChI is InChI=1S/C17H20N2O2S/c20-9-8-19(12-13-3-2-7-18-11-13)17(21)15-4-1-5-16-14(15)6-10-22-16/h2-3,6-7,10-11,15,20H,1,4-5,8-9,12H2. The first-order chi connectivity index (χ1) is 10.8. The minimum Gasteiger partial charge on any atom is -0.395 e. The van der Waals surface area contributed by atoms with Crippen LogP contribution >= 0.6 is 11.3 Å². The molecule has 2 heterocycles. The van der Waals surface area contributed by atoms with Gasteiger partial charge in [-0.2, -0.15) is 0 Å². The van der Waals surface area contributed by atoms with Crippen molar-refractivity contribution < 1.29 is 9.90 Å². The molecule has 1 aliphatic rings. The van der Waals surface area contributed by atoms with E-state index >= 15 is 0 Å². The molecule has 1 aliphatic carbocycles. The highest BCUT2D eigenvalue weighted by Crippen LogP contribution is 2.36. The third-order valence-corrected chi connectivity index (χ3v) is 5.12. The van der Waals surface area contributed by atoms with Crippen molar-refractivity contribution in [3.05, 3.63) is 52.0 Å². The van der Waals surface area contributed by atoms with Crippen LogP contribution in [0.3, 0.4) is 0 Å². The maximum Gasteiger partial charge on any atom is 0.230 e. The Hall–Kier alpha value is -1.72. The maximum atomic E-state index is 13.0. The molecule has 1 N–H and O–H groups in total. The molecule has 0 bridgehead atoms. The third-order valence-electron chi connectivity index (χ3n) is 4.13. The Morgan fingerprint density at radius 3 is 3.14 bits per heavy atom. The molecule has 2 aromatic heterocycles. The zero-order chi connectivity index (χ0) is 15.4. The molecule has 0 saturated carbocycles. The molecule has 0 radical (unpaired) electrons. The number of nitrogens with zero attached hydrogens (tertiary/aromatic N) is 2. The number of aryl methyl sites for hydroxylation is 1. The first kappa shape index (κ1) is 15.2. The number of hydrogen-bond acceptors (Lipinski definition) is 4. The van der Waals surface area contributed by atoms with E-state index in [1.165, 1.54) is 10.4 Å². The second kappa shape index (κ2) is 7.03. The molecular weight excluding hydrogens is 296 g/mol. The van der Waals surface area contributed by atoms with Crippen molar-refractivity contribution >= 4 is 17.2 Å². The first-order valence-electron chi connectivity index (χ1n) is 7.64. The van der Waals surface area contributed by atoms with Gasteiger partial charge in [0.05, 0.1) is 12.5 Å². The van der Waals surface area contributed by atoms with E-state index in [0.717, 1.165) is 24.8 Å². The SMILES string of the molecule is O=C(C1CCCc2sccc21)N(CCO)Cc1cccnc1. The van der Waals surface area contributed by atoms with Crippen LogP contribution < -0.4 is 0 Å². The van der Waals surface area contributed by atoms with E-state index in [2.05, 4.69) is 16.4 Å². The number of hydrogen-bond donors (Lipinski definition) is 1. The summed E-state index contributed by atoms with van der Waals surface area (Å²) in [6, 6.07) is 5.92. The molecule has 0 fully saturated rings. The lowest BCUT2D eigenvalue weighted by Gasteiger charge is -2.29. The second-order valence-electron chi connectivity index (χ2n) is 5.59. The van der Waals surface area contributed by atoms with E-state index in [9.17, 15) is 9.90 Å². The van der Waals surface area contributed by atoms with Crippen LogP contribution in [0.25, 0.3) is 0 Å². The van der Waals surface area contributed by atoms with Crippen molar-refractivity contribution in [2.45, 2.75) is 31.7 Å². The predicted molar refractivity (Wildman–Crippen MR) is 86.7 cm³/mol. The maximum absolute atomic E-state index is 13.0. The average Bonchev–Trinajstić information content (AvgIpc) is 3.03. The molecule has 5 heteroatoms. The monoisotopic (exact) mass is 316 g/mol. The molecule has 1 unspecified atom stereocenters. The van der Waals surface area contributed by atoms with Gasteiger partial charge in [0.2, 0.25) is 5.91 Å². The summed E-state index contributed by atoms with van der Waals surface area (Å²) < 4.78 is 0. The van der Waals surface area contributed by atoms with Crippen LogP contribution in [-0.2, 0) is 17.8 Å². The minimum absolute atomic E-state index is 0.0186. The first-order valence-corrected chi connectivity index (χ1v) is 8.52. The molecule has 0 saturated heterocycles.